The molecule has 0 saturated heterocycles. The number of ether oxygens (including phenoxy) is 1. The second-order valence-corrected chi connectivity index (χ2v) is 7.07. The quantitative estimate of drug-likeness (QED) is 0.621. The summed E-state index contributed by atoms with van der Waals surface area (Å²) >= 11 is 0. The number of aromatic amines is 1. The first-order chi connectivity index (χ1) is 14.6. The molecule has 9 heteroatoms. The van der Waals surface area contributed by atoms with E-state index in [1.54, 1.807) is 30.2 Å². The van der Waals surface area contributed by atoms with Gasteiger partial charge in [0, 0.05) is 38.5 Å². The predicted molar refractivity (Wildman–Crippen MR) is 107 cm³/mol. The van der Waals surface area contributed by atoms with Crippen LogP contribution in [0.15, 0.2) is 48.8 Å². The predicted octanol–water partition coefficient (Wildman–Crippen LogP) is 1.92. The summed E-state index contributed by atoms with van der Waals surface area (Å²) in [6, 6.07) is 9.24. The molecular weight excluding hydrogens is 389 g/mol. The van der Waals surface area contributed by atoms with Gasteiger partial charge in [-0.2, -0.15) is 5.10 Å². The van der Waals surface area contributed by atoms with Crippen LogP contribution in [0.25, 0.3) is 11.3 Å². The lowest BCUT2D eigenvalue weighted by molar-refractivity contribution is 0.0504. The standard InChI is InChI=1S/C21H22FN5O3/c1-30-10-9-27-16(13-26-8-2-3-18(26)21(27)29)11-23-20(28)17-12-24-25-19(17)14-4-6-15(22)7-5-14/h2-8,12,16H,9-11,13H2,1H3,(H,23,28)(H,24,25). The maximum Gasteiger partial charge on any atom is 0.270 e. The third-order valence-electron chi connectivity index (χ3n) is 5.21. The van der Waals surface area contributed by atoms with Crippen molar-refractivity contribution in [2.45, 2.75) is 12.6 Å². The highest BCUT2D eigenvalue weighted by Crippen LogP contribution is 2.22. The highest BCUT2D eigenvalue weighted by molar-refractivity contribution is 6.00. The molecule has 156 valence electrons. The van der Waals surface area contributed by atoms with Gasteiger partial charge in [0.05, 0.1) is 30.1 Å². The lowest BCUT2D eigenvalue weighted by Crippen LogP contribution is -2.53. The SMILES string of the molecule is COCCN1C(=O)c2cccn2CC1CNC(=O)c1cn[nH]c1-c1ccc(F)cc1. The van der Waals surface area contributed by atoms with Crippen LogP contribution >= 0.6 is 0 Å². The molecule has 1 aromatic carbocycles. The Hall–Kier alpha value is -3.46. The van der Waals surface area contributed by atoms with Crippen LogP contribution in [0.5, 0.6) is 0 Å². The number of benzene rings is 1. The van der Waals surface area contributed by atoms with Gasteiger partial charge in [-0.1, -0.05) is 0 Å². The minimum absolute atomic E-state index is 0.0853. The molecule has 4 rings (SSSR count). The maximum absolute atomic E-state index is 13.2. The molecule has 2 amide bonds. The zero-order valence-corrected chi connectivity index (χ0v) is 16.5. The van der Waals surface area contributed by atoms with Gasteiger partial charge in [-0.3, -0.25) is 14.7 Å². The second kappa shape index (κ2) is 8.50. The van der Waals surface area contributed by atoms with Crippen LogP contribution in [0.1, 0.15) is 20.8 Å². The van der Waals surface area contributed by atoms with Crippen molar-refractivity contribution >= 4 is 11.8 Å². The molecule has 1 unspecified atom stereocenters. The van der Waals surface area contributed by atoms with E-state index in [-0.39, 0.29) is 30.2 Å². The molecule has 2 aromatic heterocycles. The maximum atomic E-state index is 13.2. The van der Waals surface area contributed by atoms with Crippen molar-refractivity contribution in [1.82, 2.24) is 25.0 Å². The zero-order valence-electron chi connectivity index (χ0n) is 16.5. The van der Waals surface area contributed by atoms with E-state index in [1.807, 2.05) is 16.8 Å². The van der Waals surface area contributed by atoms with Crippen LogP contribution in [0, 0.1) is 5.82 Å². The Morgan fingerprint density at radius 1 is 1.33 bits per heavy atom. The number of nitrogens with one attached hydrogen (secondary N) is 2. The summed E-state index contributed by atoms with van der Waals surface area (Å²) in [5, 5.41) is 9.66. The van der Waals surface area contributed by atoms with Crippen molar-refractivity contribution in [1.29, 1.82) is 0 Å². The Morgan fingerprint density at radius 2 is 2.13 bits per heavy atom. The molecular formula is C21H22FN5O3. The van der Waals surface area contributed by atoms with Gasteiger partial charge in [-0.25, -0.2) is 4.39 Å². The Balaban J connectivity index is 1.49. The number of nitrogens with zero attached hydrogens (tertiary/aromatic N) is 3. The largest absolute Gasteiger partial charge is 0.383 e. The highest BCUT2D eigenvalue weighted by Gasteiger charge is 2.32. The molecule has 0 aliphatic carbocycles. The number of hydrogen-bond acceptors (Lipinski definition) is 4. The third kappa shape index (κ3) is 3.84. The number of H-pyrrole nitrogens is 1. The number of rotatable bonds is 7. The molecule has 30 heavy (non-hydrogen) atoms. The number of carbonyl (C=O) groups excluding carboxylic acids is 2. The van der Waals surface area contributed by atoms with Crippen molar-refractivity contribution in [3.05, 3.63) is 65.9 Å². The normalized spacial score (nSPS) is 15.9. The first-order valence-electron chi connectivity index (χ1n) is 9.61. The number of halogens is 1. The Labute approximate surface area is 172 Å². The molecule has 0 saturated carbocycles. The second-order valence-electron chi connectivity index (χ2n) is 7.07. The van der Waals surface area contributed by atoms with E-state index in [9.17, 15) is 14.0 Å². The minimum Gasteiger partial charge on any atom is -0.383 e. The van der Waals surface area contributed by atoms with E-state index >= 15 is 0 Å². The summed E-state index contributed by atoms with van der Waals surface area (Å²) in [5.74, 6) is -0.759. The van der Waals surface area contributed by atoms with Crippen molar-refractivity contribution in [2.75, 3.05) is 26.8 Å². The van der Waals surface area contributed by atoms with Gasteiger partial charge >= 0.3 is 0 Å². The van der Waals surface area contributed by atoms with Gasteiger partial charge in [0.1, 0.15) is 11.5 Å². The van der Waals surface area contributed by atoms with Crippen LogP contribution in [-0.4, -0.2) is 64.3 Å². The molecule has 1 aliphatic heterocycles. The van der Waals surface area contributed by atoms with Crippen molar-refractivity contribution in [3.63, 3.8) is 0 Å². The first kappa shape index (κ1) is 19.8. The van der Waals surface area contributed by atoms with Gasteiger partial charge in [0.15, 0.2) is 0 Å². The number of carbonyl (C=O) groups is 2. The Kier molecular flexibility index (Phi) is 5.62. The third-order valence-corrected chi connectivity index (χ3v) is 5.21. The number of amides is 2. The molecule has 0 spiro atoms. The molecule has 2 N–H and O–H groups in total. The van der Waals surface area contributed by atoms with E-state index in [1.165, 1.54) is 18.3 Å². The van der Waals surface area contributed by atoms with E-state index in [4.69, 9.17) is 4.74 Å². The summed E-state index contributed by atoms with van der Waals surface area (Å²) in [6.45, 7) is 1.70. The summed E-state index contributed by atoms with van der Waals surface area (Å²) in [4.78, 5) is 27.4. The summed E-state index contributed by atoms with van der Waals surface area (Å²) in [7, 11) is 1.59. The number of hydrogen-bond donors (Lipinski definition) is 2. The minimum atomic E-state index is -0.355. The molecule has 8 nitrogen and oxygen atoms in total. The molecule has 0 bridgehead atoms. The molecule has 0 fully saturated rings. The van der Waals surface area contributed by atoms with Gasteiger partial charge in [-0.15, -0.1) is 0 Å². The lowest BCUT2D eigenvalue weighted by atomic mass is 10.1. The average Bonchev–Trinajstić information content (AvgIpc) is 3.42. The van der Waals surface area contributed by atoms with Crippen LogP contribution in [0.4, 0.5) is 4.39 Å². The molecule has 3 aromatic rings. The number of aromatic nitrogens is 3. The fourth-order valence-corrected chi connectivity index (χ4v) is 3.66. The van der Waals surface area contributed by atoms with Crippen molar-refractivity contribution in [2.24, 2.45) is 0 Å². The molecule has 1 aliphatic rings. The Morgan fingerprint density at radius 3 is 2.90 bits per heavy atom. The van der Waals surface area contributed by atoms with Gasteiger partial charge in [0.25, 0.3) is 11.8 Å². The van der Waals surface area contributed by atoms with Crippen molar-refractivity contribution < 1.29 is 18.7 Å². The van der Waals surface area contributed by atoms with E-state index in [0.717, 1.165) is 0 Å². The van der Waals surface area contributed by atoms with Gasteiger partial charge < -0.3 is 19.5 Å². The summed E-state index contributed by atoms with van der Waals surface area (Å²) in [6.07, 6.45) is 3.30. The first-order valence-corrected chi connectivity index (χ1v) is 9.61. The fourth-order valence-electron chi connectivity index (χ4n) is 3.66. The number of fused-ring (bicyclic) bond motifs is 1. The fraction of sp³-hybridized carbons (Fsp3) is 0.286. The Bertz CT molecular complexity index is 1040. The summed E-state index contributed by atoms with van der Waals surface area (Å²) in [5.41, 5.74) is 2.15. The summed E-state index contributed by atoms with van der Waals surface area (Å²) < 4.78 is 20.2. The molecule has 3 heterocycles. The van der Waals surface area contributed by atoms with Crippen LogP contribution in [-0.2, 0) is 11.3 Å². The average molecular weight is 411 g/mol. The topological polar surface area (TPSA) is 92.2 Å². The zero-order chi connectivity index (χ0) is 21.1. The molecule has 1 atom stereocenters. The smallest absolute Gasteiger partial charge is 0.270 e. The van der Waals surface area contributed by atoms with Gasteiger partial charge in [-0.05, 0) is 36.4 Å². The highest BCUT2D eigenvalue weighted by atomic mass is 19.1. The molecule has 0 radical (unpaired) electrons. The number of methoxy groups -OCH3 is 1. The monoisotopic (exact) mass is 411 g/mol. The lowest BCUT2D eigenvalue weighted by Gasteiger charge is -2.36. The van der Waals surface area contributed by atoms with Crippen molar-refractivity contribution in [3.8, 4) is 11.3 Å². The van der Waals surface area contributed by atoms with E-state index in [2.05, 4.69) is 15.5 Å². The van der Waals surface area contributed by atoms with E-state index in [0.29, 0.717) is 42.2 Å². The van der Waals surface area contributed by atoms with Gasteiger partial charge in [0.2, 0.25) is 0 Å². The van der Waals surface area contributed by atoms with Crippen LogP contribution in [0.3, 0.4) is 0 Å². The van der Waals surface area contributed by atoms with E-state index < -0.39 is 0 Å². The van der Waals surface area contributed by atoms with Crippen LogP contribution < -0.4 is 5.32 Å². The van der Waals surface area contributed by atoms with Crippen LogP contribution in [0.2, 0.25) is 0 Å².